The Kier molecular flexibility index (Phi) is 6.32. The first-order chi connectivity index (χ1) is 21.3. The van der Waals surface area contributed by atoms with Crippen LogP contribution in [-0.4, -0.2) is 15.0 Å². The fourth-order valence-electron chi connectivity index (χ4n) is 5.74. The molecule has 3 heterocycles. The number of rotatable bonds is 5. The number of thiophene rings is 1. The highest BCUT2D eigenvalue weighted by atomic mass is 32.1. The first-order valence-corrected chi connectivity index (χ1v) is 15.1. The molecule has 0 saturated carbocycles. The second kappa shape index (κ2) is 10.8. The van der Waals surface area contributed by atoms with Crippen molar-refractivity contribution in [3.63, 3.8) is 0 Å². The average Bonchev–Trinajstić information content (AvgIpc) is 3.48. The lowest BCUT2D eigenvalue weighted by Crippen LogP contribution is -1.98. The van der Waals surface area contributed by atoms with Crippen LogP contribution in [-0.2, 0) is 0 Å². The van der Waals surface area contributed by atoms with Crippen LogP contribution in [0.2, 0.25) is 0 Å². The van der Waals surface area contributed by atoms with Crippen LogP contribution in [0.4, 0.5) is 0 Å². The second-order valence-corrected chi connectivity index (χ2v) is 11.5. The molecule has 5 aromatic carbocycles. The van der Waals surface area contributed by atoms with Gasteiger partial charge in [0.1, 0.15) is 0 Å². The van der Waals surface area contributed by atoms with Crippen LogP contribution in [0.25, 0.3) is 76.5 Å². The van der Waals surface area contributed by atoms with Gasteiger partial charge in [0.15, 0.2) is 5.82 Å². The summed E-state index contributed by atoms with van der Waals surface area (Å²) >= 11 is 1.82. The van der Waals surface area contributed by atoms with Gasteiger partial charge in [-0.05, 0) is 47.5 Å². The van der Waals surface area contributed by atoms with Crippen LogP contribution >= 0.6 is 11.3 Å². The number of nitrogens with zero attached hydrogens (tertiary/aromatic N) is 3. The molecular formula is C39H25N3S. The van der Waals surface area contributed by atoms with E-state index in [0.29, 0.717) is 5.82 Å². The molecule has 4 heteroatoms. The van der Waals surface area contributed by atoms with E-state index in [2.05, 4.69) is 115 Å². The maximum Gasteiger partial charge on any atom is 0.160 e. The van der Waals surface area contributed by atoms with Crippen molar-refractivity contribution >= 4 is 31.5 Å². The summed E-state index contributed by atoms with van der Waals surface area (Å²) in [5, 5.41) is 2.48. The Hall–Kier alpha value is -5.45. The van der Waals surface area contributed by atoms with Crippen LogP contribution in [0.15, 0.2) is 152 Å². The van der Waals surface area contributed by atoms with Crippen molar-refractivity contribution in [2.75, 3.05) is 0 Å². The summed E-state index contributed by atoms with van der Waals surface area (Å²) < 4.78 is 2.53. The van der Waals surface area contributed by atoms with Crippen LogP contribution in [0.1, 0.15) is 0 Å². The SMILES string of the molecule is c1ccc(-c2cccc(-c3cc(-c4cccnc4-c4cccc5sc6ccccc6c45)nc(-c4ccccc4)n3)c2)cc1. The van der Waals surface area contributed by atoms with Gasteiger partial charge < -0.3 is 0 Å². The van der Waals surface area contributed by atoms with E-state index < -0.39 is 0 Å². The van der Waals surface area contributed by atoms with E-state index in [0.717, 1.165) is 44.9 Å². The highest BCUT2D eigenvalue weighted by Crippen LogP contribution is 2.42. The second-order valence-electron chi connectivity index (χ2n) is 10.5. The molecule has 0 aliphatic rings. The van der Waals surface area contributed by atoms with Gasteiger partial charge in [0, 0.05) is 48.6 Å². The topological polar surface area (TPSA) is 38.7 Å². The quantitative estimate of drug-likeness (QED) is 0.208. The van der Waals surface area contributed by atoms with E-state index in [9.17, 15) is 0 Å². The van der Waals surface area contributed by atoms with Crippen LogP contribution < -0.4 is 0 Å². The molecule has 0 fully saturated rings. The molecule has 0 spiro atoms. The highest BCUT2D eigenvalue weighted by Gasteiger charge is 2.18. The van der Waals surface area contributed by atoms with Gasteiger partial charge in [0.25, 0.3) is 0 Å². The van der Waals surface area contributed by atoms with Gasteiger partial charge in [-0.1, -0.05) is 109 Å². The van der Waals surface area contributed by atoms with Crippen molar-refractivity contribution in [2.24, 2.45) is 0 Å². The number of aromatic nitrogens is 3. The summed E-state index contributed by atoms with van der Waals surface area (Å²) in [5.41, 5.74) is 9.05. The maximum absolute atomic E-state index is 5.15. The lowest BCUT2D eigenvalue weighted by molar-refractivity contribution is 1.18. The minimum absolute atomic E-state index is 0.687. The van der Waals surface area contributed by atoms with Crippen molar-refractivity contribution in [1.29, 1.82) is 0 Å². The molecule has 202 valence electrons. The fourth-order valence-corrected chi connectivity index (χ4v) is 6.87. The Morgan fingerprint density at radius 3 is 1.95 bits per heavy atom. The number of hydrogen-bond donors (Lipinski definition) is 0. The molecule has 8 rings (SSSR count). The zero-order valence-corrected chi connectivity index (χ0v) is 24.0. The Labute approximate surface area is 253 Å². The molecule has 0 atom stereocenters. The van der Waals surface area contributed by atoms with E-state index in [1.54, 1.807) is 0 Å². The number of hydrogen-bond acceptors (Lipinski definition) is 4. The van der Waals surface area contributed by atoms with Crippen molar-refractivity contribution in [1.82, 2.24) is 15.0 Å². The van der Waals surface area contributed by atoms with Gasteiger partial charge in [-0.3, -0.25) is 4.98 Å². The Bertz CT molecular complexity index is 2240. The lowest BCUT2D eigenvalue weighted by atomic mass is 9.97. The molecule has 0 radical (unpaired) electrons. The summed E-state index contributed by atoms with van der Waals surface area (Å²) in [5.74, 6) is 0.687. The van der Waals surface area contributed by atoms with Crippen molar-refractivity contribution < 1.29 is 0 Å². The molecular weight excluding hydrogens is 543 g/mol. The van der Waals surface area contributed by atoms with Gasteiger partial charge in [-0.15, -0.1) is 11.3 Å². The molecule has 0 aliphatic carbocycles. The minimum Gasteiger partial charge on any atom is -0.256 e. The third-order valence-electron chi connectivity index (χ3n) is 7.76. The van der Waals surface area contributed by atoms with E-state index in [4.69, 9.17) is 15.0 Å². The summed E-state index contributed by atoms with van der Waals surface area (Å²) in [6.07, 6.45) is 1.87. The zero-order valence-electron chi connectivity index (χ0n) is 23.2. The number of benzene rings is 5. The minimum atomic E-state index is 0.687. The summed E-state index contributed by atoms with van der Waals surface area (Å²) in [7, 11) is 0. The van der Waals surface area contributed by atoms with Gasteiger partial charge in [0.05, 0.1) is 17.1 Å². The molecule has 0 unspecified atom stereocenters. The van der Waals surface area contributed by atoms with Gasteiger partial charge in [0.2, 0.25) is 0 Å². The standard InChI is InChI=1S/C39H25N3S/c1-3-12-26(13-4-1)28-16-9-17-29(24-28)33-25-34(42-39(41-33)27-14-5-2-6-15-27)30-20-11-23-40-38(30)32-19-10-22-36-37(32)31-18-7-8-21-35(31)43-36/h1-25H. The lowest BCUT2D eigenvalue weighted by Gasteiger charge is -2.13. The third kappa shape index (κ3) is 4.68. The van der Waals surface area contributed by atoms with Gasteiger partial charge >= 0.3 is 0 Å². The van der Waals surface area contributed by atoms with Crippen molar-refractivity contribution in [2.45, 2.75) is 0 Å². The maximum atomic E-state index is 5.15. The fraction of sp³-hybridized carbons (Fsp3) is 0. The molecule has 0 N–H and O–H groups in total. The Morgan fingerprint density at radius 1 is 0.442 bits per heavy atom. The van der Waals surface area contributed by atoms with Crippen LogP contribution in [0.5, 0.6) is 0 Å². The van der Waals surface area contributed by atoms with Crippen LogP contribution in [0.3, 0.4) is 0 Å². The largest absolute Gasteiger partial charge is 0.256 e. The van der Waals surface area contributed by atoms with Gasteiger partial charge in [-0.25, -0.2) is 9.97 Å². The van der Waals surface area contributed by atoms with E-state index in [-0.39, 0.29) is 0 Å². The smallest absolute Gasteiger partial charge is 0.160 e. The molecule has 3 nitrogen and oxygen atoms in total. The highest BCUT2D eigenvalue weighted by molar-refractivity contribution is 7.25. The predicted molar refractivity (Wildman–Crippen MR) is 180 cm³/mol. The Balaban J connectivity index is 1.35. The van der Waals surface area contributed by atoms with E-state index >= 15 is 0 Å². The summed E-state index contributed by atoms with van der Waals surface area (Å²) in [6.45, 7) is 0. The molecule has 0 amide bonds. The molecule has 0 bridgehead atoms. The molecule has 8 aromatic rings. The predicted octanol–water partition coefficient (Wildman–Crippen LogP) is 10.6. The summed E-state index contributed by atoms with van der Waals surface area (Å²) in [4.78, 5) is 15.2. The third-order valence-corrected chi connectivity index (χ3v) is 8.90. The number of fused-ring (bicyclic) bond motifs is 3. The average molecular weight is 568 g/mol. The van der Waals surface area contributed by atoms with Crippen molar-refractivity contribution in [3.05, 3.63) is 152 Å². The van der Waals surface area contributed by atoms with E-state index in [1.807, 2.05) is 47.9 Å². The first kappa shape index (κ1) is 25.3. The van der Waals surface area contributed by atoms with Crippen LogP contribution in [0, 0.1) is 0 Å². The zero-order chi connectivity index (χ0) is 28.6. The molecule has 0 aliphatic heterocycles. The first-order valence-electron chi connectivity index (χ1n) is 14.3. The van der Waals surface area contributed by atoms with Crippen molar-refractivity contribution in [3.8, 4) is 56.3 Å². The summed E-state index contributed by atoms with van der Waals surface area (Å²) in [6, 6.07) is 50.5. The molecule has 3 aromatic heterocycles. The number of pyridine rings is 1. The molecule has 43 heavy (non-hydrogen) atoms. The van der Waals surface area contributed by atoms with Gasteiger partial charge in [-0.2, -0.15) is 0 Å². The Morgan fingerprint density at radius 2 is 1.09 bits per heavy atom. The normalized spacial score (nSPS) is 11.3. The monoisotopic (exact) mass is 567 g/mol. The molecule has 0 saturated heterocycles. The van der Waals surface area contributed by atoms with E-state index in [1.165, 1.54) is 25.7 Å².